The molecule has 0 spiro atoms. The van der Waals surface area contributed by atoms with Crippen LogP contribution in [0.2, 0.25) is 0 Å². The number of amides is 1. The number of piperidine rings is 1. The molecule has 0 bridgehead atoms. The summed E-state index contributed by atoms with van der Waals surface area (Å²) in [4.78, 5) is 11.8. The van der Waals surface area contributed by atoms with Crippen LogP contribution in [0.25, 0.3) is 0 Å². The summed E-state index contributed by atoms with van der Waals surface area (Å²) < 4.78 is 0. The minimum Gasteiger partial charge on any atom is -0.354 e. The second-order valence-electron chi connectivity index (χ2n) is 6.17. The summed E-state index contributed by atoms with van der Waals surface area (Å²) in [5.74, 6) is 1.71. The fourth-order valence-corrected chi connectivity index (χ4v) is 2.51. The lowest BCUT2D eigenvalue weighted by Crippen LogP contribution is -2.33. The highest BCUT2D eigenvalue weighted by Gasteiger charge is 2.15. The van der Waals surface area contributed by atoms with Crippen molar-refractivity contribution in [3.05, 3.63) is 0 Å². The van der Waals surface area contributed by atoms with E-state index in [1.165, 1.54) is 19.3 Å². The van der Waals surface area contributed by atoms with E-state index in [9.17, 15) is 4.79 Å². The molecule has 1 rings (SSSR count). The Labute approximate surface area is 124 Å². The van der Waals surface area contributed by atoms with Gasteiger partial charge in [0.2, 0.25) is 5.91 Å². The SMILES string of the molecule is CC(C)CCC(C)NC(=O)CCC1CCNCC1.Cl. The summed E-state index contributed by atoms with van der Waals surface area (Å²) in [6.45, 7) is 8.82. The van der Waals surface area contributed by atoms with Gasteiger partial charge in [-0.25, -0.2) is 0 Å². The van der Waals surface area contributed by atoms with Gasteiger partial charge in [-0.15, -0.1) is 12.4 Å². The highest BCUT2D eigenvalue weighted by atomic mass is 35.5. The summed E-state index contributed by atoms with van der Waals surface area (Å²) in [7, 11) is 0. The average Bonchev–Trinajstić information content (AvgIpc) is 2.35. The minimum atomic E-state index is 0. The van der Waals surface area contributed by atoms with E-state index < -0.39 is 0 Å². The van der Waals surface area contributed by atoms with Crippen molar-refractivity contribution in [2.24, 2.45) is 11.8 Å². The molecule has 1 fully saturated rings. The predicted molar refractivity (Wildman–Crippen MR) is 83.8 cm³/mol. The summed E-state index contributed by atoms with van der Waals surface area (Å²) in [6, 6.07) is 0.327. The van der Waals surface area contributed by atoms with E-state index >= 15 is 0 Å². The largest absolute Gasteiger partial charge is 0.354 e. The highest BCUT2D eigenvalue weighted by Crippen LogP contribution is 2.17. The fraction of sp³-hybridized carbons (Fsp3) is 0.933. The highest BCUT2D eigenvalue weighted by molar-refractivity contribution is 5.85. The van der Waals surface area contributed by atoms with Gasteiger partial charge in [-0.05, 0) is 64.0 Å². The molecule has 4 heteroatoms. The van der Waals surface area contributed by atoms with E-state index in [1.54, 1.807) is 0 Å². The zero-order valence-electron chi connectivity index (χ0n) is 12.7. The number of hydrogen-bond acceptors (Lipinski definition) is 2. The second-order valence-corrected chi connectivity index (χ2v) is 6.17. The van der Waals surface area contributed by atoms with Crippen LogP contribution < -0.4 is 10.6 Å². The van der Waals surface area contributed by atoms with E-state index in [0.29, 0.717) is 12.5 Å². The first-order valence-electron chi connectivity index (χ1n) is 7.58. The molecule has 1 amide bonds. The van der Waals surface area contributed by atoms with Crippen molar-refractivity contribution < 1.29 is 4.79 Å². The Morgan fingerprint density at radius 1 is 1.21 bits per heavy atom. The van der Waals surface area contributed by atoms with E-state index in [1.807, 2.05) is 0 Å². The van der Waals surface area contributed by atoms with Gasteiger partial charge in [0.1, 0.15) is 0 Å². The fourth-order valence-electron chi connectivity index (χ4n) is 2.51. The molecule has 0 aliphatic carbocycles. The van der Waals surface area contributed by atoms with Crippen LogP contribution in [0.15, 0.2) is 0 Å². The molecule has 1 unspecified atom stereocenters. The lowest BCUT2D eigenvalue weighted by molar-refractivity contribution is -0.122. The smallest absolute Gasteiger partial charge is 0.220 e. The Morgan fingerprint density at radius 2 is 1.84 bits per heavy atom. The number of carbonyl (C=O) groups excluding carboxylic acids is 1. The van der Waals surface area contributed by atoms with E-state index in [2.05, 4.69) is 31.4 Å². The normalized spacial score (nSPS) is 17.9. The van der Waals surface area contributed by atoms with Gasteiger partial charge in [-0.2, -0.15) is 0 Å². The Hall–Kier alpha value is -0.280. The van der Waals surface area contributed by atoms with Gasteiger partial charge in [0.25, 0.3) is 0 Å². The summed E-state index contributed by atoms with van der Waals surface area (Å²) >= 11 is 0. The van der Waals surface area contributed by atoms with E-state index in [0.717, 1.165) is 37.8 Å². The topological polar surface area (TPSA) is 41.1 Å². The number of nitrogens with one attached hydrogen (secondary N) is 2. The molecule has 1 aliphatic heterocycles. The number of halogens is 1. The lowest BCUT2D eigenvalue weighted by atomic mass is 9.93. The molecule has 1 aliphatic rings. The number of hydrogen-bond donors (Lipinski definition) is 2. The third-order valence-electron chi connectivity index (χ3n) is 3.82. The second kappa shape index (κ2) is 10.5. The predicted octanol–water partition coefficient (Wildman–Crippen LogP) is 3.13. The van der Waals surface area contributed by atoms with Crippen LogP contribution in [-0.2, 0) is 4.79 Å². The van der Waals surface area contributed by atoms with Crippen molar-refractivity contribution in [3.63, 3.8) is 0 Å². The summed E-state index contributed by atoms with van der Waals surface area (Å²) in [6.07, 6.45) is 6.51. The standard InChI is InChI=1S/C15H30N2O.ClH/c1-12(2)4-5-13(3)17-15(18)7-6-14-8-10-16-11-9-14;/h12-14,16H,4-11H2,1-3H3,(H,17,18);1H. The van der Waals surface area contributed by atoms with Crippen molar-refractivity contribution in [2.75, 3.05) is 13.1 Å². The van der Waals surface area contributed by atoms with Crippen LogP contribution in [0.1, 0.15) is 59.3 Å². The molecule has 0 aromatic carbocycles. The van der Waals surface area contributed by atoms with Crippen molar-refractivity contribution in [2.45, 2.75) is 65.3 Å². The third-order valence-corrected chi connectivity index (χ3v) is 3.82. The van der Waals surface area contributed by atoms with E-state index in [4.69, 9.17) is 0 Å². The Kier molecular flexibility index (Phi) is 10.3. The van der Waals surface area contributed by atoms with E-state index in [-0.39, 0.29) is 18.3 Å². The molecule has 0 radical (unpaired) electrons. The molecule has 1 heterocycles. The van der Waals surface area contributed by atoms with Gasteiger partial charge in [0, 0.05) is 12.5 Å². The maximum Gasteiger partial charge on any atom is 0.220 e. The first-order chi connectivity index (χ1) is 8.58. The summed E-state index contributed by atoms with van der Waals surface area (Å²) in [5.41, 5.74) is 0. The van der Waals surface area contributed by atoms with Gasteiger partial charge in [-0.1, -0.05) is 13.8 Å². The maximum atomic E-state index is 11.8. The molecule has 0 aromatic rings. The van der Waals surface area contributed by atoms with Gasteiger partial charge in [0.15, 0.2) is 0 Å². The average molecular weight is 291 g/mol. The molecule has 1 atom stereocenters. The summed E-state index contributed by atoms with van der Waals surface area (Å²) in [5, 5.41) is 6.48. The zero-order valence-corrected chi connectivity index (χ0v) is 13.5. The minimum absolute atomic E-state index is 0. The molecule has 3 nitrogen and oxygen atoms in total. The Bertz CT molecular complexity index is 240. The monoisotopic (exact) mass is 290 g/mol. The van der Waals surface area contributed by atoms with Crippen LogP contribution in [-0.4, -0.2) is 25.0 Å². The molecule has 19 heavy (non-hydrogen) atoms. The maximum absolute atomic E-state index is 11.8. The molecule has 114 valence electrons. The Balaban J connectivity index is 0.00000324. The van der Waals surface area contributed by atoms with Crippen LogP contribution in [0.5, 0.6) is 0 Å². The molecule has 0 aromatic heterocycles. The number of rotatable bonds is 7. The van der Waals surface area contributed by atoms with Crippen LogP contribution >= 0.6 is 12.4 Å². The van der Waals surface area contributed by atoms with Crippen LogP contribution in [0, 0.1) is 11.8 Å². The van der Waals surface area contributed by atoms with Gasteiger partial charge < -0.3 is 10.6 Å². The van der Waals surface area contributed by atoms with Gasteiger partial charge in [0.05, 0.1) is 0 Å². The van der Waals surface area contributed by atoms with Crippen molar-refractivity contribution in [1.29, 1.82) is 0 Å². The molecule has 2 N–H and O–H groups in total. The van der Waals surface area contributed by atoms with Gasteiger partial charge in [-0.3, -0.25) is 4.79 Å². The molecular formula is C15H31ClN2O. The first kappa shape index (κ1) is 18.7. The molecular weight excluding hydrogens is 260 g/mol. The quantitative estimate of drug-likeness (QED) is 0.756. The van der Waals surface area contributed by atoms with Crippen molar-refractivity contribution in [3.8, 4) is 0 Å². The molecule has 0 saturated carbocycles. The number of carbonyl (C=O) groups is 1. The van der Waals surface area contributed by atoms with Gasteiger partial charge >= 0.3 is 0 Å². The Morgan fingerprint density at radius 3 is 2.42 bits per heavy atom. The lowest BCUT2D eigenvalue weighted by Gasteiger charge is -2.22. The zero-order chi connectivity index (χ0) is 13.4. The van der Waals surface area contributed by atoms with Crippen molar-refractivity contribution >= 4 is 18.3 Å². The molecule has 1 saturated heterocycles. The van der Waals surface area contributed by atoms with Crippen molar-refractivity contribution in [1.82, 2.24) is 10.6 Å². The van der Waals surface area contributed by atoms with Crippen LogP contribution in [0.3, 0.4) is 0 Å². The third kappa shape index (κ3) is 9.28. The first-order valence-corrected chi connectivity index (χ1v) is 7.58. The van der Waals surface area contributed by atoms with Crippen LogP contribution in [0.4, 0.5) is 0 Å².